The molecule has 2 aromatic heterocycles. The molecule has 0 spiro atoms. The number of unbranched alkanes of at least 4 members (excludes halogenated alkanes) is 2. The summed E-state index contributed by atoms with van der Waals surface area (Å²) in [5, 5.41) is 18.0. The lowest BCUT2D eigenvalue weighted by Gasteiger charge is -2.36. The normalized spacial score (nSPS) is 12.8. The SMILES string of the molecule is CC(C)(C)[Si](C)(C)OCCCCn1nccc1C=O.CC(C)(C)[Si](C)(C)OCCCCn1nccc1CO. The number of nitrogens with zero attached hydrogens (tertiary/aromatic N) is 4. The van der Waals surface area contributed by atoms with E-state index in [1.807, 2.05) is 10.7 Å². The zero-order valence-corrected chi connectivity index (χ0v) is 27.7. The first kappa shape index (κ1) is 34.4. The van der Waals surface area contributed by atoms with Crippen LogP contribution in [0.1, 0.15) is 83.4 Å². The van der Waals surface area contributed by atoms with Gasteiger partial charge in [0, 0.05) is 38.7 Å². The molecule has 0 amide bonds. The quantitative estimate of drug-likeness (QED) is 0.156. The molecule has 8 nitrogen and oxygen atoms in total. The van der Waals surface area contributed by atoms with Crippen molar-refractivity contribution in [2.24, 2.45) is 0 Å². The third kappa shape index (κ3) is 11.3. The van der Waals surface area contributed by atoms with E-state index in [4.69, 9.17) is 14.0 Å². The minimum Gasteiger partial charge on any atom is -0.417 e. The number of aldehydes is 1. The van der Waals surface area contributed by atoms with E-state index in [2.05, 4.69) is 77.9 Å². The molecule has 38 heavy (non-hydrogen) atoms. The predicted octanol–water partition coefficient (Wildman–Crippen LogP) is 6.68. The fourth-order valence-corrected chi connectivity index (χ4v) is 5.32. The Morgan fingerprint density at radius 3 is 1.68 bits per heavy atom. The molecule has 0 atom stereocenters. The molecule has 0 saturated heterocycles. The van der Waals surface area contributed by atoms with Crippen LogP contribution in [-0.4, -0.2) is 60.8 Å². The Morgan fingerprint density at radius 2 is 1.24 bits per heavy atom. The van der Waals surface area contributed by atoms with Crippen LogP contribution in [0.4, 0.5) is 0 Å². The van der Waals surface area contributed by atoms with Crippen LogP contribution >= 0.6 is 0 Å². The van der Waals surface area contributed by atoms with Crippen LogP contribution in [-0.2, 0) is 28.5 Å². The Labute approximate surface area is 233 Å². The smallest absolute Gasteiger partial charge is 0.191 e. The van der Waals surface area contributed by atoms with Gasteiger partial charge in [0.2, 0.25) is 0 Å². The van der Waals surface area contributed by atoms with Gasteiger partial charge in [-0.3, -0.25) is 14.2 Å². The van der Waals surface area contributed by atoms with Gasteiger partial charge in [-0.15, -0.1) is 0 Å². The molecule has 0 aliphatic carbocycles. The molecule has 0 saturated carbocycles. The Hall–Kier alpha value is -1.60. The summed E-state index contributed by atoms with van der Waals surface area (Å²) in [6.07, 6.45) is 8.30. The lowest BCUT2D eigenvalue weighted by Crippen LogP contribution is -2.40. The molecule has 1 N–H and O–H groups in total. The Balaban J connectivity index is 0.000000380. The largest absolute Gasteiger partial charge is 0.417 e. The third-order valence-corrected chi connectivity index (χ3v) is 17.0. The van der Waals surface area contributed by atoms with Crippen molar-refractivity contribution in [1.82, 2.24) is 19.6 Å². The lowest BCUT2D eigenvalue weighted by molar-refractivity contribution is 0.111. The minimum absolute atomic E-state index is 0.0560. The minimum atomic E-state index is -1.62. The summed E-state index contributed by atoms with van der Waals surface area (Å²) >= 11 is 0. The average molecular weight is 567 g/mol. The highest BCUT2D eigenvalue weighted by molar-refractivity contribution is 6.74. The second-order valence-electron chi connectivity index (χ2n) is 12.9. The fraction of sp³-hybridized carbons (Fsp3) is 0.750. The van der Waals surface area contributed by atoms with Crippen LogP contribution in [0.2, 0.25) is 36.3 Å². The summed E-state index contributed by atoms with van der Waals surface area (Å²) in [7, 11) is -3.22. The number of aliphatic hydroxyl groups excluding tert-OH is 1. The van der Waals surface area contributed by atoms with E-state index >= 15 is 0 Å². The molecule has 0 bridgehead atoms. The molecule has 2 aromatic rings. The van der Waals surface area contributed by atoms with Gasteiger partial charge in [0.25, 0.3) is 0 Å². The van der Waals surface area contributed by atoms with Crippen LogP contribution in [0.3, 0.4) is 0 Å². The van der Waals surface area contributed by atoms with Crippen LogP contribution < -0.4 is 0 Å². The molecule has 10 heteroatoms. The molecule has 0 aliphatic heterocycles. The number of carbonyl (C=O) groups excluding carboxylic acids is 1. The van der Waals surface area contributed by atoms with Crippen molar-refractivity contribution >= 4 is 22.9 Å². The topological polar surface area (TPSA) is 91.4 Å². The van der Waals surface area contributed by atoms with Crippen molar-refractivity contribution < 1.29 is 18.8 Å². The van der Waals surface area contributed by atoms with E-state index < -0.39 is 16.6 Å². The van der Waals surface area contributed by atoms with E-state index in [9.17, 15) is 4.79 Å². The van der Waals surface area contributed by atoms with Crippen LogP contribution in [0.25, 0.3) is 0 Å². The first-order chi connectivity index (χ1) is 17.6. The molecule has 2 heterocycles. The molecule has 0 fully saturated rings. The molecule has 0 unspecified atom stereocenters. The zero-order valence-electron chi connectivity index (χ0n) is 25.7. The van der Waals surface area contributed by atoms with Crippen LogP contribution in [0.15, 0.2) is 24.5 Å². The monoisotopic (exact) mass is 566 g/mol. The molecule has 218 valence electrons. The number of hydrogen-bond donors (Lipinski definition) is 1. The molecular weight excluding hydrogens is 513 g/mol. The number of aliphatic hydroxyl groups is 1. The van der Waals surface area contributed by atoms with E-state index in [-0.39, 0.29) is 16.7 Å². The summed E-state index contributed by atoms with van der Waals surface area (Å²) in [5.74, 6) is 0. The first-order valence-electron chi connectivity index (χ1n) is 13.9. The molecule has 0 aliphatic rings. The molecule has 2 rings (SSSR count). The van der Waals surface area contributed by atoms with Crippen molar-refractivity contribution in [1.29, 1.82) is 0 Å². The van der Waals surface area contributed by atoms with Gasteiger partial charge in [-0.25, -0.2) is 0 Å². The number of aromatic nitrogens is 4. The maximum Gasteiger partial charge on any atom is 0.191 e. The van der Waals surface area contributed by atoms with Crippen molar-refractivity contribution in [2.45, 2.75) is 123 Å². The standard InChI is InChI=1S/C14H28N2O2Si.C14H26N2O2Si/c2*1-14(2,3)19(4,5)18-11-7-6-10-16-13(12-17)8-9-15-16/h8-9,17H,6-7,10-12H2,1-5H3;8-9,12H,6-7,10-11H2,1-5H3. The summed E-state index contributed by atoms with van der Waals surface area (Å²) < 4.78 is 15.9. The average Bonchev–Trinajstić information content (AvgIpc) is 3.46. The summed E-state index contributed by atoms with van der Waals surface area (Å²) in [6, 6.07) is 3.59. The van der Waals surface area contributed by atoms with Gasteiger partial charge in [0.15, 0.2) is 22.9 Å². The fourth-order valence-electron chi connectivity index (χ4n) is 3.14. The van der Waals surface area contributed by atoms with Crippen molar-refractivity contribution in [2.75, 3.05) is 13.2 Å². The highest BCUT2D eigenvalue weighted by Crippen LogP contribution is 2.37. The number of aryl methyl sites for hydroxylation is 2. The lowest BCUT2D eigenvalue weighted by atomic mass is 10.2. The predicted molar refractivity (Wildman–Crippen MR) is 161 cm³/mol. The van der Waals surface area contributed by atoms with Gasteiger partial charge in [-0.2, -0.15) is 10.2 Å². The summed E-state index contributed by atoms with van der Waals surface area (Å²) in [5.41, 5.74) is 1.52. The van der Waals surface area contributed by atoms with E-state index in [1.54, 1.807) is 23.1 Å². The van der Waals surface area contributed by atoms with Gasteiger partial charge in [0.1, 0.15) is 5.69 Å². The number of hydrogen-bond acceptors (Lipinski definition) is 6. The molecule has 0 aromatic carbocycles. The van der Waals surface area contributed by atoms with Gasteiger partial charge >= 0.3 is 0 Å². The van der Waals surface area contributed by atoms with E-state index in [0.29, 0.717) is 5.69 Å². The van der Waals surface area contributed by atoms with E-state index in [1.165, 1.54) is 0 Å². The maximum atomic E-state index is 10.7. The van der Waals surface area contributed by atoms with Crippen molar-refractivity contribution in [3.8, 4) is 0 Å². The molecule has 0 radical (unpaired) electrons. The molecular formula is C28H54N4O4Si2. The number of carbonyl (C=O) groups is 1. The van der Waals surface area contributed by atoms with Gasteiger partial charge in [-0.05, 0) is 74.1 Å². The Kier molecular flexibility index (Phi) is 13.8. The van der Waals surface area contributed by atoms with Crippen molar-refractivity contribution in [3.05, 3.63) is 35.9 Å². The van der Waals surface area contributed by atoms with Crippen LogP contribution in [0.5, 0.6) is 0 Å². The Bertz CT molecular complexity index is 943. The highest BCUT2D eigenvalue weighted by atomic mass is 28.4. The number of rotatable bonds is 14. The van der Waals surface area contributed by atoms with Gasteiger partial charge in [0.05, 0.1) is 12.3 Å². The zero-order chi connectivity index (χ0) is 29.0. The second kappa shape index (κ2) is 15.3. The van der Waals surface area contributed by atoms with Crippen molar-refractivity contribution in [3.63, 3.8) is 0 Å². The highest BCUT2D eigenvalue weighted by Gasteiger charge is 2.37. The third-order valence-electron chi connectivity index (χ3n) is 7.90. The second-order valence-corrected chi connectivity index (χ2v) is 22.6. The maximum absolute atomic E-state index is 10.7. The first-order valence-corrected chi connectivity index (χ1v) is 19.7. The summed E-state index contributed by atoms with van der Waals surface area (Å²) in [6.45, 7) is 25.9. The van der Waals surface area contributed by atoms with Crippen LogP contribution in [0, 0.1) is 0 Å². The Morgan fingerprint density at radius 1 is 0.789 bits per heavy atom. The van der Waals surface area contributed by atoms with E-state index in [0.717, 1.165) is 64.0 Å². The van der Waals surface area contributed by atoms with Gasteiger partial charge < -0.3 is 14.0 Å². The summed E-state index contributed by atoms with van der Waals surface area (Å²) in [4.78, 5) is 10.7. The van der Waals surface area contributed by atoms with Gasteiger partial charge in [-0.1, -0.05) is 41.5 Å².